The van der Waals surface area contributed by atoms with E-state index in [9.17, 15) is 9.59 Å². The molecule has 0 saturated carbocycles. The Kier molecular flexibility index (Phi) is 12.8. The number of allylic oxidation sites excluding steroid dienone is 2. The van der Waals surface area contributed by atoms with Crippen LogP contribution in [0, 0.1) is 5.92 Å². The van der Waals surface area contributed by atoms with Crippen molar-refractivity contribution >= 4 is 11.9 Å². The monoisotopic (exact) mass is 260 g/mol. The number of carbonyl (C=O) groups is 2. The van der Waals surface area contributed by atoms with Crippen LogP contribution >= 0.6 is 0 Å². The number of aliphatic carboxylic acids is 2. The first-order chi connectivity index (χ1) is 8.31. The average Bonchev–Trinajstić information content (AvgIpc) is 2.27. The minimum Gasteiger partial charge on any atom is -0.481 e. The van der Waals surface area contributed by atoms with Gasteiger partial charge in [-0.05, 0) is 33.1 Å². The van der Waals surface area contributed by atoms with E-state index in [2.05, 4.69) is 0 Å². The van der Waals surface area contributed by atoms with Crippen molar-refractivity contribution in [1.82, 2.24) is 0 Å². The third-order valence-electron chi connectivity index (χ3n) is 2.20. The van der Waals surface area contributed by atoms with Gasteiger partial charge in [-0.3, -0.25) is 9.59 Å². The molecular formula is C13H24O5. The van der Waals surface area contributed by atoms with Gasteiger partial charge in [-0.1, -0.05) is 19.1 Å². The van der Waals surface area contributed by atoms with Crippen molar-refractivity contribution in [3.05, 3.63) is 12.2 Å². The van der Waals surface area contributed by atoms with E-state index >= 15 is 0 Å². The molecule has 106 valence electrons. The predicted octanol–water partition coefficient (Wildman–Crippen LogP) is 2.30. The standard InChI is InChI=1S/C8H14O2.C5H10O3/c1-3-4-5-6-7(2)8(9)10;1-4(6)2-3-5(7)8/h3-4,7H,5-6H2,1-2H3,(H,9,10);4,6H,2-3H2,1H3,(H,7,8). The zero-order chi connectivity index (χ0) is 14.6. The first kappa shape index (κ1) is 19.0. The Morgan fingerprint density at radius 1 is 1.17 bits per heavy atom. The number of hydrogen-bond acceptors (Lipinski definition) is 3. The highest BCUT2D eigenvalue weighted by atomic mass is 16.4. The lowest BCUT2D eigenvalue weighted by atomic mass is 10.1. The van der Waals surface area contributed by atoms with Crippen molar-refractivity contribution in [2.24, 2.45) is 5.92 Å². The molecular weight excluding hydrogens is 236 g/mol. The fourth-order valence-corrected chi connectivity index (χ4v) is 0.969. The molecule has 0 amide bonds. The highest BCUT2D eigenvalue weighted by molar-refractivity contribution is 5.69. The van der Waals surface area contributed by atoms with E-state index in [0.29, 0.717) is 6.42 Å². The summed E-state index contributed by atoms with van der Waals surface area (Å²) < 4.78 is 0. The van der Waals surface area contributed by atoms with Crippen LogP contribution in [-0.4, -0.2) is 33.4 Å². The molecule has 0 spiro atoms. The van der Waals surface area contributed by atoms with Crippen LogP contribution < -0.4 is 0 Å². The Labute approximate surface area is 108 Å². The molecule has 5 nitrogen and oxygen atoms in total. The van der Waals surface area contributed by atoms with Crippen LogP contribution in [0.15, 0.2) is 12.2 Å². The zero-order valence-electron chi connectivity index (χ0n) is 11.3. The van der Waals surface area contributed by atoms with E-state index in [-0.39, 0.29) is 12.3 Å². The van der Waals surface area contributed by atoms with Crippen molar-refractivity contribution < 1.29 is 24.9 Å². The SMILES string of the molecule is CC(O)CCC(=O)O.CC=CCCC(C)C(=O)O. The van der Waals surface area contributed by atoms with Crippen LogP contribution in [0.4, 0.5) is 0 Å². The number of aliphatic hydroxyl groups excluding tert-OH is 1. The second kappa shape index (κ2) is 12.1. The van der Waals surface area contributed by atoms with Crippen molar-refractivity contribution in [1.29, 1.82) is 0 Å². The summed E-state index contributed by atoms with van der Waals surface area (Å²) in [5, 5.41) is 25.0. The molecule has 0 bridgehead atoms. The van der Waals surface area contributed by atoms with Gasteiger partial charge in [0, 0.05) is 6.42 Å². The lowest BCUT2D eigenvalue weighted by Crippen LogP contribution is -2.08. The molecule has 2 unspecified atom stereocenters. The van der Waals surface area contributed by atoms with Crippen LogP contribution in [0.1, 0.15) is 46.5 Å². The van der Waals surface area contributed by atoms with Gasteiger partial charge in [0.25, 0.3) is 0 Å². The summed E-state index contributed by atoms with van der Waals surface area (Å²) in [6.45, 7) is 5.24. The predicted molar refractivity (Wildman–Crippen MR) is 69.4 cm³/mol. The summed E-state index contributed by atoms with van der Waals surface area (Å²) in [5.41, 5.74) is 0. The second-order valence-electron chi connectivity index (χ2n) is 4.17. The Morgan fingerprint density at radius 3 is 2.00 bits per heavy atom. The van der Waals surface area contributed by atoms with Crippen LogP contribution in [0.2, 0.25) is 0 Å². The molecule has 0 aliphatic carbocycles. The molecule has 0 heterocycles. The molecule has 0 rings (SSSR count). The highest BCUT2D eigenvalue weighted by Crippen LogP contribution is 2.05. The fraction of sp³-hybridized carbons (Fsp3) is 0.692. The molecule has 0 radical (unpaired) electrons. The molecule has 5 heteroatoms. The number of carboxylic acids is 2. The number of hydrogen-bond donors (Lipinski definition) is 3. The number of aliphatic hydroxyl groups is 1. The fourth-order valence-electron chi connectivity index (χ4n) is 0.969. The number of rotatable bonds is 7. The molecule has 0 aromatic rings. The Bertz CT molecular complexity index is 258. The first-order valence-electron chi connectivity index (χ1n) is 6.05. The molecule has 0 aromatic carbocycles. The van der Waals surface area contributed by atoms with Crippen molar-refractivity contribution in [3.8, 4) is 0 Å². The van der Waals surface area contributed by atoms with E-state index < -0.39 is 18.0 Å². The largest absolute Gasteiger partial charge is 0.481 e. The Hall–Kier alpha value is -1.36. The van der Waals surface area contributed by atoms with Gasteiger partial charge in [0.15, 0.2) is 0 Å². The first-order valence-corrected chi connectivity index (χ1v) is 6.05. The number of carboxylic acid groups (broad SMARTS) is 2. The summed E-state index contributed by atoms with van der Waals surface area (Å²) >= 11 is 0. The lowest BCUT2D eigenvalue weighted by Gasteiger charge is -2.01. The smallest absolute Gasteiger partial charge is 0.306 e. The molecule has 0 aliphatic rings. The molecule has 0 aromatic heterocycles. The Balaban J connectivity index is 0. The summed E-state index contributed by atoms with van der Waals surface area (Å²) in [6, 6.07) is 0. The van der Waals surface area contributed by atoms with Crippen molar-refractivity contribution in [2.45, 2.75) is 52.6 Å². The van der Waals surface area contributed by atoms with Crippen molar-refractivity contribution in [2.75, 3.05) is 0 Å². The zero-order valence-corrected chi connectivity index (χ0v) is 11.3. The molecule has 0 saturated heterocycles. The molecule has 18 heavy (non-hydrogen) atoms. The maximum atomic E-state index is 10.3. The van der Waals surface area contributed by atoms with E-state index in [4.69, 9.17) is 15.3 Å². The molecule has 3 N–H and O–H groups in total. The van der Waals surface area contributed by atoms with Gasteiger partial charge in [0.1, 0.15) is 0 Å². The normalized spacial score (nSPS) is 13.6. The molecule has 2 atom stereocenters. The second-order valence-corrected chi connectivity index (χ2v) is 4.17. The van der Waals surface area contributed by atoms with E-state index in [1.165, 1.54) is 0 Å². The quantitative estimate of drug-likeness (QED) is 0.610. The van der Waals surface area contributed by atoms with Gasteiger partial charge in [0.05, 0.1) is 12.0 Å². The van der Waals surface area contributed by atoms with Crippen LogP contribution in [0.5, 0.6) is 0 Å². The maximum Gasteiger partial charge on any atom is 0.306 e. The molecule has 0 aliphatic heterocycles. The van der Waals surface area contributed by atoms with Crippen LogP contribution in [0.25, 0.3) is 0 Å². The van der Waals surface area contributed by atoms with Gasteiger partial charge in [0.2, 0.25) is 0 Å². The summed E-state index contributed by atoms with van der Waals surface area (Å²) in [4.78, 5) is 20.1. The topological polar surface area (TPSA) is 94.8 Å². The van der Waals surface area contributed by atoms with E-state index in [1.807, 2.05) is 19.1 Å². The van der Waals surface area contributed by atoms with E-state index in [0.717, 1.165) is 12.8 Å². The lowest BCUT2D eigenvalue weighted by molar-refractivity contribution is -0.141. The molecule has 0 fully saturated rings. The highest BCUT2D eigenvalue weighted by Gasteiger charge is 2.07. The Morgan fingerprint density at radius 2 is 1.72 bits per heavy atom. The third kappa shape index (κ3) is 17.0. The van der Waals surface area contributed by atoms with E-state index in [1.54, 1.807) is 13.8 Å². The van der Waals surface area contributed by atoms with Gasteiger partial charge in [-0.2, -0.15) is 0 Å². The van der Waals surface area contributed by atoms with Gasteiger partial charge in [-0.15, -0.1) is 0 Å². The van der Waals surface area contributed by atoms with Crippen LogP contribution in [0.3, 0.4) is 0 Å². The van der Waals surface area contributed by atoms with Gasteiger partial charge >= 0.3 is 11.9 Å². The summed E-state index contributed by atoms with van der Waals surface area (Å²) in [6.07, 6.45) is 5.43. The van der Waals surface area contributed by atoms with Gasteiger partial charge in [-0.25, -0.2) is 0 Å². The summed E-state index contributed by atoms with van der Waals surface area (Å²) in [5.74, 6) is -1.77. The average molecular weight is 260 g/mol. The summed E-state index contributed by atoms with van der Waals surface area (Å²) in [7, 11) is 0. The third-order valence-corrected chi connectivity index (χ3v) is 2.20. The van der Waals surface area contributed by atoms with Crippen LogP contribution in [-0.2, 0) is 9.59 Å². The van der Waals surface area contributed by atoms with Crippen molar-refractivity contribution in [3.63, 3.8) is 0 Å². The van der Waals surface area contributed by atoms with Gasteiger partial charge < -0.3 is 15.3 Å². The maximum absolute atomic E-state index is 10.3. The minimum absolute atomic E-state index is 0.0532. The minimum atomic E-state index is -0.856.